The number of aromatic nitrogens is 3. The van der Waals surface area contributed by atoms with Crippen LogP contribution < -0.4 is 5.59 Å². The molecule has 1 aliphatic rings. The number of hydrazine groups is 1. The van der Waals surface area contributed by atoms with E-state index in [1.807, 2.05) is 23.6 Å². The largest absolute Gasteiger partial charge is 0.461 e. The molecule has 0 saturated carbocycles. The van der Waals surface area contributed by atoms with E-state index in [1.54, 1.807) is 23.5 Å². The number of halogens is 1. The highest BCUT2D eigenvalue weighted by atomic mass is 32.2. The maximum Gasteiger partial charge on any atom is 0.200 e. The molecule has 0 saturated heterocycles. The number of hydrogen-bond donors (Lipinski definition) is 1. The Balaban J connectivity index is 1.48. The average molecular weight is 398 g/mol. The number of nitrogens with one attached hydrogen (secondary N) is 1. The molecule has 0 radical (unpaired) electrons. The number of furan rings is 1. The molecule has 3 aromatic rings. The number of thioether (sulfide) groups is 1. The Labute approximate surface area is 164 Å². The van der Waals surface area contributed by atoms with Crippen LogP contribution in [0.5, 0.6) is 0 Å². The van der Waals surface area contributed by atoms with Gasteiger partial charge in [0.25, 0.3) is 0 Å². The number of nitrogens with zero attached hydrogens (tertiary/aromatic N) is 5. The zero-order chi connectivity index (χ0) is 19.5. The fraction of sp³-hybridized carbons (Fsp3) is 0.167. The van der Waals surface area contributed by atoms with Gasteiger partial charge in [-0.2, -0.15) is 5.26 Å². The van der Waals surface area contributed by atoms with E-state index >= 15 is 0 Å². The van der Waals surface area contributed by atoms with Crippen molar-refractivity contribution < 1.29 is 13.6 Å². The third kappa shape index (κ3) is 3.45. The Morgan fingerprint density at radius 1 is 1.32 bits per heavy atom. The minimum absolute atomic E-state index is 0.218. The highest BCUT2D eigenvalue weighted by molar-refractivity contribution is 7.99. The van der Waals surface area contributed by atoms with Crippen LogP contribution in [-0.4, -0.2) is 25.7 Å². The van der Waals surface area contributed by atoms with Crippen LogP contribution in [0.3, 0.4) is 0 Å². The summed E-state index contributed by atoms with van der Waals surface area (Å²) >= 11 is 1.44. The van der Waals surface area contributed by atoms with Crippen LogP contribution in [0.2, 0.25) is 0 Å². The smallest absolute Gasteiger partial charge is 0.200 e. The van der Waals surface area contributed by atoms with Crippen LogP contribution in [0.1, 0.15) is 18.1 Å². The normalized spacial score (nSPS) is 13.3. The number of hydrogen-bond acceptors (Lipinski definition) is 8. The molecule has 1 N–H and O–H groups in total. The number of nitriles is 1. The Hall–Kier alpha value is -3.29. The first-order valence-electron chi connectivity index (χ1n) is 8.40. The maximum atomic E-state index is 14.1. The van der Waals surface area contributed by atoms with E-state index in [2.05, 4.69) is 15.8 Å². The van der Waals surface area contributed by atoms with Gasteiger partial charge in [-0.15, -0.1) is 10.2 Å². The molecule has 1 aromatic carbocycles. The van der Waals surface area contributed by atoms with Gasteiger partial charge in [-0.05, 0) is 37.3 Å². The first-order chi connectivity index (χ1) is 13.7. The molecule has 8 nitrogen and oxygen atoms in total. The lowest BCUT2D eigenvalue weighted by Gasteiger charge is -2.13. The predicted octanol–water partition coefficient (Wildman–Crippen LogP) is 3.37. The van der Waals surface area contributed by atoms with Crippen LogP contribution in [0.25, 0.3) is 17.3 Å². The van der Waals surface area contributed by atoms with Crippen molar-refractivity contribution in [2.75, 3.05) is 5.88 Å². The van der Waals surface area contributed by atoms with Gasteiger partial charge in [0.15, 0.2) is 22.5 Å². The molecular weight excluding hydrogens is 383 g/mol. The summed E-state index contributed by atoms with van der Waals surface area (Å²) in [5.74, 6) is 1.59. The van der Waals surface area contributed by atoms with Crippen molar-refractivity contribution in [1.29, 1.82) is 5.26 Å². The highest BCUT2D eigenvalue weighted by Crippen LogP contribution is 2.27. The molecular formula is C18H15FN6O2S. The van der Waals surface area contributed by atoms with Gasteiger partial charge in [0.2, 0.25) is 0 Å². The Morgan fingerprint density at radius 3 is 2.96 bits per heavy atom. The minimum Gasteiger partial charge on any atom is -0.461 e. The topological polar surface area (TPSA) is 92.1 Å². The van der Waals surface area contributed by atoms with Gasteiger partial charge in [-0.1, -0.05) is 17.4 Å². The van der Waals surface area contributed by atoms with E-state index in [1.165, 1.54) is 30.0 Å². The lowest BCUT2D eigenvalue weighted by atomic mass is 10.1. The zero-order valence-electron chi connectivity index (χ0n) is 14.8. The molecule has 0 spiro atoms. The molecule has 0 bridgehead atoms. The zero-order valence-corrected chi connectivity index (χ0v) is 15.6. The monoisotopic (exact) mass is 398 g/mol. The summed E-state index contributed by atoms with van der Waals surface area (Å²) in [6.45, 7) is 2.68. The summed E-state index contributed by atoms with van der Waals surface area (Å²) < 4.78 is 21.4. The second-order valence-corrected chi connectivity index (χ2v) is 6.68. The van der Waals surface area contributed by atoms with Gasteiger partial charge in [-0.25, -0.2) is 4.39 Å². The maximum absolute atomic E-state index is 14.1. The van der Waals surface area contributed by atoms with Gasteiger partial charge < -0.3 is 9.25 Å². The van der Waals surface area contributed by atoms with Crippen LogP contribution in [-0.2, 0) is 11.4 Å². The lowest BCUT2D eigenvalue weighted by Crippen LogP contribution is -2.27. The van der Waals surface area contributed by atoms with E-state index in [0.29, 0.717) is 35.3 Å². The van der Waals surface area contributed by atoms with Gasteiger partial charge in [0, 0.05) is 6.54 Å². The van der Waals surface area contributed by atoms with Gasteiger partial charge >= 0.3 is 0 Å². The summed E-state index contributed by atoms with van der Waals surface area (Å²) in [4.78, 5) is 5.36. The summed E-state index contributed by atoms with van der Waals surface area (Å²) in [5.41, 5.74) is 3.28. The summed E-state index contributed by atoms with van der Waals surface area (Å²) in [6.07, 6.45) is 3.22. The van der Waals surface area contributed by atoms with Gasteiger partial charge in [-0.3, -0.25) is 9.58 Å². The van der Waals surface area contributed by atoms with Crippen LogP contribution in [0.4, 0.5) is 4.39 Å². The summed E-state index contributed by atoms with van der Waals surface area (Å²) in [5, 5.41) is 19.8. The molecule has 2 aromatic heterocycles. The van der Waals surface area contributed by atoms with Crippen molar-refractivity contribution in [3.8, 4) is 17.7 Å². The van der Waals surface area contributed by atoms with E-state index in [9.17, 15) is 4.39 Å². The molecule has 0 unspecified atom stereocenters. The van der Waals surface area contributed by atoms with Crippen molar-refractivity contribution in [3.63, 3.8) is 0 Å². The lowest BCUT2D eigenvalue weighted by molar-refractivity contribution is 0.0604. The van der Waals surface area contributed by atoms with Crippen LogP contribution in [0.15, 0.2) is 52.4 Å². The molecule has 142 valence electrons. The highest BCUT2D eigenvalue weighted by Gasteiger charge is 2.21. The van der Waals surface area contributed by atoms with E-state index in [-0.39, 0.29) is 5.56 Å². The fourth-order valence-electron chi connectivity index (χ4n) is 2.67. The SMILES string of the molecule is CCn1c(SCN2C=C(c3cc(C#N)ccc3F)ON2)nnc1-c1ccco1. The quantitative estimate of drug-likeness (QED) is 0.632. The molecule has 3 heterocycles. The molecule has 28 heavy (non-hydrogen) atoms. The first-order valence-corrected chi connectivity index (χ1v) is 9.39. The van der Waals surface area contributed by atoms with E-state index in [0.717, 1.165) is 5.16 Å². The van der Waals surface area contributed by atoms with Crippen LogP contribution in [0, 0.1) is 17.1 Å². The third-order valence-corrected chi connectivity index (χ3v) is 4.98. The van der Waals surface area contributed by atoms with E-state index < -0.39 is 5.82 Å². The van der Waals surface area contributed by atoms with Crippen molar-refractivity contribution >= 4 is 17.5 Å². The Morgan fingerprint density at radius 2 is 2.21 bits per heavy atom. The summed E-state index contributed by atoms with van der Waals surface area (Å²) in [6, 6.07) is 9.74. The van der Waals surface area contributed by atoms with Crippen molar-refractivity contribution in [1.82, 2.24) is 25.4 Å². The first kappa shape index (κ1) is 18.1. The van der Waals surface area contributed by atoms with Crippen molar-refractivity contribution in [3.05, 3.63) is 59.7 Å². The van der Waals surface area contributed by atoms with Gasteiger partial charge in [0.05, 0.1) is 35.5 Å². The number of rotatable bonds is 6. The molecule has 0 fully saturated rings. The molecule has 10 heteroatoms. The van der Waals surface area contributed by atoms with Crippen molar-refractivity contribution in [2.45, 2.75) is 18.6 Å². The third-order valence-electron chi connectivity index (χ3n) is 4.01. The van der Waals surface area contributed by atoms with Gasteiger partial charge in [0.1, 0.15) is 5.82 Å². The molecule has 0 aliphatic carbocycles. The average Bonchev–Trinajstić information content (AvgIpc) is 3.46. The second-order valence-electron chi connectivity index (χ2n) is 5.76. The van der Waals surface area contributed by atoms with Crippen molar-refractivity contribution in [2.24, 2.45) is 0 Å². The molecule has 4 rings (SSSR count). The fourth-order valence-corrected chi connectivity index (χ4v) is 3.52. The Bertz CT molecular complexity index is 1060. The Kier molecular flexibility index (Phi) is 5.01. The molecule has 0 atom stereocenters. The predicted molar refractivity (Wildman–Crippen MR) is 99.3 cm³/mol. The molecule has 0 amide bonds. The summed E-state index contributed by atoms with van der Waals surface area (Å²) in [7, 11) is 0. The standard InChI is InChI=1S/C18H15FN6O2S/c1-2-25-17(15-4-3-7-26-15)21-22-18(25)28-11-24-10-16(27-23-24)13-8-12(9-20)5-6-14(13)19/h3-8,10,23H,2,11H2,1H3. The van der Waals surface area contributed by atoms with Crippen LogP contribution >= 0.6 is 11.8 Å². The van der Waals surface area contributed by atoms with E-state index in [4.69, 9.17) is 14.5 Å². The second kappa shape index (κ2) is 7.75. The number of benzene rings is 1. The minimum atomic E-state index is -0.463. The molecule has 1 aliphatic heterocycles.